The summed E-state index contributed by atoms with van der Waals surface area (Å²) >= 11 is 1.15. The molecular weight excluding hydrogens is 543 g/mol. The summed E-state index contributed by atoms with van der Waals surface area (Å²) in [6.07, 6.45) is -4.78. The fourth-order valence-electron chi connectivity index (χ4n) is 4.15. The summed E-state index contributed by atoms with van der Waals surface area (Å²) in [6.45, 7) is 4.07. The summed E-state index contributed by atoms with van der Waals surface area (Å²) in [7, 11) is 3.05. The average molecular weight is 572 g/mol. The van der Waals surface area contributed by atoms with E-state index in [9.17, 15) is 22.8 Å². The number of aliphatic imine (C=N–C) groups is 1. The van der Waals surface area contributed by atoms with Gasteiger partial charge in [0.05, 0.1) is 32.0 Å². The molecule has 210 valence electrons. The van der Waals surface area contributed by atoms with Gasteiger partial charge < -0.3 is 14.8 Å². The van der Waals surface area contributed by atoms with Crippen LogP contribution >= 0.6 is 11.8 Å². The average Bonchev–Trinajstić information content (AvgIpc) is 3.19. The van der Waals surface area contributed by atoms with Gasteiger partial charge in [-0.3, -0.25) is 14.5 Å². The minimum Gasteiger partial charge on any atom is -0.493 e. The van der Waals surface area contributed by atoms with Crippen LogP contribution in [-0.4, -0.2) is 41.4 Å². The van der Waals surface area contributed by atoms with E-state index in [1.807, 2.05) is 38.1 Å². The van der Waals surface area contributed by atoms with Crippen LogP contribution in [0.1, 0.15) is 28.7 Å². The molecule has 0 radical (unpaired) electrons. The molecule has 1 heterocycles. The van der Waals surface area contributed by atoms with Gasteiger partial charge in [0, 0.05) is 12.1 Å². The smallest absolute Gasteiger partial charge is 0.416 e. The van der Waals surface area contributed by atoms with E-state index in [0.717, 1.165) is 40.6 Å². The molecule has 0 unspecified atom stereocenters. The van der Waals surface area contributed by atoms with Gasteiger partial charge in [-0.25, -0.2) is 4.99 Å². The highest BCUT2D eigenvalue weighted by Crippen LogP contribution is 2.36. The monoisotopic (exact) mass is 571 g/mol. The number of ether oxygens (including phenoxy) is 2. The van der Waals surface area contributed by atoms with Crippen LogP contribution in [0.15, 0.2) is 65.7 Å². The van der Waals surface area contributed by atoms with Gasteiger partial charge in [0.1, 0.15) is 5.25 Å². The lowest BCUT2D eigenvalue weighted by Crippen LogP contribution is -2.33. The maximum absolute atomic E-state index is 13.6. The summed E-state index contributed by atoms with van der Waals surface area (Å²) in [6, 6.07) is 15.4. The van der Waals surface area contributed by atoms with E-state index in [1.54, 1.807) is 12.1 Å². The summed E-state index contributed by atoms with van der Waals surface area (Å²) in [5.41, 5.74) is 2.58. The molecule has 0 aromatic heterocycles. The Balaban J connectivity index is 1.59. The molecule has 40 heavy (non-hydrogen) atoms. The van der Waals surface area contributed by atoms with Crippen molar-refractivity contribution in [1.29, 1.82) is 0 Å². The first-order valence-electron chi connectivity index (χ1n) is 12.3. The number of nitrogens with zero attached hydrogens (tertiary/aromatic N) is 2. The fraction of sp³-hybridized carbons (Fsp3) is 0.276. The van der Waals surface area contributed by atoms with Gasteiger partial charge in [-0.05, 0) is 66.9 Å². The number of hydrogen-bond acceptors (Lipinski definition) is 6. The molecule has 1 saturated heterocycles. The van der Waals surface area contributed by atoms with E-state index in [0.29, 0.717) is 22.4 Å². The SMILES string of the molecule is COc1ccc(CN2C(=O)[C@H](CC(=O)Nc3cccc(C(F)(F)F)c3)SC2=Nc2cccc(C)c2C)cc1OC. The van der Waals surface area contributed by atoms with Gasteiger partial charge in [-0.15, -0.1) is 0 Å². The first kappa shape index (κ1) is 29.0. The molecule has 4 rings (SSSR count). The molecule has 0 saturated carbocycles. The maximum Gasteiger partial charge on any atom is 0.416 e. The lowest BCUT2D eigenvalue weighted by Gasteiger charge is -2.18. The third-order valence-corrected chi connectivity index (χ3v) is 7.62. The molecule has 1 N–H and O–H groups in total. The van der Waals surface area contributed by atoms with Gasteiger partial charge in [-0.1, -0.05) is 36.0 Å². The van der Waals surface area contributed by atoms with Crippen molar-refractivity contribution in [2.24, 2.45) is 4.99 Å². The highest BCUT2D eigenvalue weighted by molar-refractivity contribution is 8.15. The van der Waals surface area contributed by atoms with Crippen LogP contribution in [-0.2, 0) is 22.3 Å². The second-order valence-corrected chi connectivity index (χ2v) is 10.3. The molecule has 3 aromatic carbocycles. The Morgan fingerprint density at radius 1 is 1.02 bits per heavy atom. The van der Waals surface area contributed by atoms with Crippen LogP contribution in [0.5, 0.6) is 11.5 Å². The second kappa shape index (κ2) is 12.0. The molecule has 1 atom stereocenters. The van der Waals surface area contributed by atoms with Crippen molar-refractivity contribution in [1.82, 2.24) is 4.90 Å². The minimum absolute atomic E-state index is 0.00160. The second-order valence-electron chi connectivity index (χ2n) is 9.16. The number of amidine groups is 1. The number of methoxy groups -OCH3 is 2. The molecule has 1 fully saturated rings. The number of aryl methyl sites for hydroxylation is 1. The van der Waals surface area contributed by atoms with Crippen LogP contribution in [0.2, 0.25) is 0 Å². The number of hydrogen-bond donors (Lipinski definition) is 1. The van der Waals surface area contributed by atoms with E-state index in [4.69, 9.17) is 14.5 Å². The molecule has 3 aromatic rings. The molecular formula is C29H28F3N3O4S. The standard InChI is InChI=1S/C29H28F3N3O4S/c1-17-7-5-10-22(18(17)2)34-28-35(16-19-11-12-23(38-3)24(13-19)39-4)27(37)25(40-28)15-26(36)33-21-9-6-8-20(14-21)29(30,31)32/h5-14,25H,15-16H2,1-4H3,(H,33,36)/t25-/m0/s1. The third kappa shape index (κ3) is 6.59. The molecule has 0 bridgehead atoms. The zero-order valence-electron chi connectivity index (χ0n) is 22.3. The normalized spacial score (nSPS) is 16.4. The number of anilines is 1. The maximum atomic E-state index is 13.6. The number of amides is 2. The van der Waals surface area contributed by atoms with Crippen molar-refractivity contribution in [3.05, 3.63) is 82.9 Å². The van der Waals surface area contributed by atoms with E-state index in [-0.39, 0.29) is 24.6 Å². The zero-order chi connectivity index (χ0) is 29.0. The summed E-state index contributed by atoms with van der Waals surface area (Å²) in [5.74, 6) is 0.137. The first-order chi connectivity index (χ1) is 19.0. The predicted octanol–water partition coefficient (Wildman–Crippen LogP) is 6.50. The Hall–Kier alpha value is -3.99. The quantitative estimate of drug-likeness (QED) is 0.334. The molecule has 1 aliphatic rings. The van der Waals surface area contributed by atoms with E-state index in [2.05, 4.69) is 5.32 Å². The number of carbonyl (C=O) groups is 2. The van der Waals surface area contributed by atoms with E-state index >= 15 is 0 Å². The van der Waals surface area contributed by atoms with Crippen molar-refractivity contribution in [3.8, 4) is 11.5 Å². The number of nitrogens with one attached hydrogen (secondary N) is 1. The number of benzene rings is 3. The third-order valence-electron chi connectivity index (χ3n) is 6.45. The minimum atomic E-state index is -4.54. The van der Waals surface area contributed by atoms with Crippen molar-refractivity contribution in [3.63, 3.8) is 0 Å². The summed E-state index contributed by atoms with van der Waals surface area (Å²) < 4.78 is 49.9. The largest absolute Gasteiger partial charge is 0.493 e. The number of rotatable bonds is 8. The Kier molecular flexibility index (Phi) is 8.73. The van der Waals surface area contributed by atoms with Gasteiger partial charge in [0.15, 0.2) is 16.7 Å². The molecule has 1 aliphatic heterocycles. The number of carbonyl (C=O) groups excluding carboxylic acids is 2. The zero-order valence-corrected chi connectivity index (χ0v) is 23.2. The van der Waals surface area contributed by atoms with Crippen molar-refractivity contribution < 1.29 is 32.2 Å². The molecule has 0 aliphatic carbocycles. The van der Waals surface area contributed by atoms with Crippen LogP contribution in [0.4, 0.5) is 24.5 Å². The van der Waals surface area contributed by atoms with E-state index in [1.165, 1.54) is 31.3 Å². The summed E-state index contributed by atoms with van der Waals surface area (Å²) in [4.78, 5) is 32.6. The Morgan fingerprint density at radius 3 is 2.45 bits per heavy atom. The van der Waals surface area contributed by atoms with Gasteiger partial charge in [-0.2, -0.15) is 13.2 Å². The lowest BCUT2D eigenvalue weighted by atomic mass is 10.1. The summed E-state index contributed by atoms with van der Waals surface area (Å²) in [5, 5.41) is 2.09. The Bertz CT molecular complexity index is 1460. The Labute approximate surface area is 234 Å². The lowest BCUT2D eigenvalue weighted by molar-refractivity contribution is -0.137. The fourth-order valence-corrected chi connectivity index (χ4v) is 5.30. The van der Waals surface area contributed by atoms with Crippen LogP contribution in [0.3, 0.4) is 0 Å². The van der Waals surface area contributed by atoms with Gasteiger partial charge >= 0.3 is 6.18 Å². The highest BCUT2D eigenvalue weighted by atomic mass is 32.2. The molecule has 2 amide bonds. The van der Waals surface area contributed by atoms with Crippen molar-refractivity contribution in [2.45, 2.75) is 38.2 Å². The van der Waals surface area contributed by atoms with E-state index < -0.39 is 22.9 Å². The Morgan fingerprint density at radius 2 is 1.75 bits per heavy atom. The van der Waals surface area contributed by atoms with Crippen LogP contribution in [0, 0.1) is 13.8 Å². The van der Waals surface area contributed by atoms with Gasteiger partial charge in [0.2, 0.25) is 11.8 Å². The number of thioether (sulfide) groups is 1. The first-order valence-corrected chi connectivity index (χ1v) is 13.2. The molecule has 7 nitrogen and oxygen atoms in total. The number of halogens is 3. The van der Waals surface area contributed by atoms with Crippen molar-refractivity contribution in [2.75, 3.05) is 19.5 Å². The van der Waals surface area contributed by atoms with Crippen molar-refractivity contribution >= 4 is 40.1 Å². The molecule has 11 heteroatoms. The van der Waals surface area contributed by atoms with Crippen LogP contribution < -0.4 is 14.8 Å². The van der Waals surface area contributed by atoms with Gasteiger partial charge in [0.25, 0.3) is 0 Å². The topological polar surface area (TPSA) is 80.2 Å². The number of alkyl halides is 3. The molecule has 0 spiro atoms. The van der Waals surface area contributed by atoms with Crippen LogP contribution in [0.25, 0.3) is 0 Å². The highest BCUT2D eigenvalue weighted by Gasteiger charge is 2.39. The predicted molar refractivity (Wildman–Crippen MR) is 149 cm³/mol.